The Labute approximate surface area is 159 Å². The zero-order chi connectivity index (χ0) is 19.6. The molecule has 0 atom stereocenters. The zero-order valence-electron chi connectivity index (χ0n) is 15.7. The van der Waals surface area contributed by atoms with Gasteiger partial charge in [0.25, 0.3) is 0 Å². The van der Waals surface area contributed by atoms with E-state index >= 15 is 0 Å². The second kappa shape index (κ2) is 7.47. The number of carboxylic acids is 1. The van der Waals surface area contributed by atoms with Gasteiger partial charge >= 0.3 is 5.97 Å². The summed E-state index contributed by atoms with van der Waals surface area (Å²) in [4.78, 5) is 16.7. The number of rotatable bonds is 4. The fraction of sp³-hybridized carbons (Fsp3) is 0.381. The van der Waals surface area contributed by atoms with Crippen molar-refractivity contribution < 1.29 is 9.90 Å². The van der Waals surface area contributed by atoms with Gasteiger partial charge in [0.15, 0.2) is 0 Å². The number of halogens is 1. The summed E-state index contributed by atoms with van der Waals surface area (Å²) in [5.74, 6) is -1.16. The predicted octanol–water partition coefficient (Wildman–Crippen LogP) is 5.68. The number of carbonyl (C=O) groups is 1. The van der Waals surface area contributed by atoms with Gasteiger partial charge in [-0.3, -0.25) is 4.98 Å². The number of aromatic nitrogens is 1. The normalized spacial score (nSPS) is 11.5. The minimum Gasteiger partial charge on any atom is -0.478 e. The van der Waals surface area contributed by atoms with Gasteiger partial charge in [0.1, 0.15) is 6.07 Å². The average molecular weight is 371 g/mol. The van der Waals surface area contributed by atoms with Crippen molar-refractivity contribution in [2.75, 3.05) is 0 Å². The van der Waals surface area contributed by atoms with Crippen molar-refractivity contribution in [3.05, 3.63) is 51.8 Å². The molecule has 0 aliphatic rings. The van der Waals surface area contributed by atoms with Crippen LogP contribution in [0.3, 0.4) is 0 Å². The van der Waals surface area contributed by atoms with Crippen molar-refractivity contribution >= 4 is 17.6 Å². The highest BCUT2D eigenvalue weighted by Gasteiger charge is 2.28. The predicted molar refractivity (Wildman–Crippen MR) is 104 cm³/mol. The van der Waals surface area contributed by atoms with E-state index in [9.17, 15) is 15.2 Å². The summed E-state index contributed by atoms with van der Waals surface area (Å²) in [5.41, 5.74) is 2.55. The van der Waals surface area contributed by atoms with E-state index in [1.54, 1.807) is 24.3 Å². The maximum Gasteiger partial charge on any atom is 0.338 e. The molecule has 0 aliphatic carbocycles. The number of hydrogen-bond acceptors (Lipinski definition) is 3. The lowest BCUT2D eigenvalue weighted by molar-refractivity contribution is 0.0695. The van der Waals surface area contributed by atoms with Crippen LogP contribution in [0.2, 0.25) is 5.02 Å². The molecule has 2 aromatic rings. The van der Waals surface area contributed by atoms with Crippen molar-refractivity contribution in [1.29, 1.82) is 5.26 Å². The molecule has 0 aliphatic heterocycles. The number of hydrogen-bond donors (Lipinski definition) is 1. The van der Waals surface area contributed by atoms with E-state index in [4.69, 9.17) is 11.6 Å². The Morgan fingerprint density at radius 2 is 1.85 bits per heavy atom. The van der Waals surface area contributed by atoms with Crippen LogP contribution in [0.1, 0.15) is 67.8 Å². The number of nitrogens with zero attached hydrogens (tertiary/aromatic N) is 2. The third kappa shape index (κ3) is 4.23. The van der Waals surface area contributed by atoms with Gasteiger partial charge in [-0.05, 0) is 35.4 Å². The van der Waals surface area contributed by atoms with Crippen LogP contribution in [-0.2, 0) is 6.42 Å². The first-order valence-corrected chi connectivity index (χ1v) is 8.89. The second-order valence-electron chi connectivity index (χ2n) is 7.88. The summed E-state index contributed by atoms with van der Waals surface area (Å²) >= 11 is 5.98. The molecule has 1 aromatic heterocycles. The standard InChI is InChI=1S/C21H23ClN2O2/c1-12(2)19-18(20(25)26)17(13-6-8-14(22)9-7-13)15(11-23)16(24-19)10-21(3,4)5/h6-9,12H,10H2,1-5H3,(H,25,26). The summed E-state index contributed by atoms with van der Waals surface area (Å²) < 4.78 is 0. The first-order valence-electron chi connectivity index (χ1n) is 8.51. The molecule has 0 bridgehead atoms. The molecule has 0 saturated heterocycles. The minimum atomic E-state index is -1.08. The minimum absolute atomic E-state index is 0.0846. The summed E-state index contributed by atoms with van der Waals surface area (Å²) in [6.07, 6.45) is 0.579. The van der Waals surface area contributed by atoms with Crippen LogP contribution in [0.5, 0.6) is 0 Å². The van der Waals surface area contributed by atoms with E-state index in [1.807, 2.05) is 13.8 Å². The first-order chi connectivity index (χ1) is 12.0. The molecule has 0 radical (unpaired) electrons. The molecule has 1 N–H and O–H groups in total. The summed E-state index contributed by atoms with van der Waals surface area (Å²) in [6, 6.07) is 9.09. The zero-order valence-corrected chi connectivity index (χ0v) is 16.5. The number of pyridine rings is 1. The molecule has 0 saturated carbocycles. The summed E-state index contributed by atoms with van der Waals surface area (Å²) in [6.45, 7) is 10.0. The molecule has 0 fully saturated rings. The third-order valence-corrected chi connectivity index (χ3v) is 4.26. The molecule has 0 unspecified atom stereocenters. The van der Waals surface area contributed by atoms with Gasteiger partial charge in [-0.2, -0.15) is 5.26 Å². The molecule has 2 rings (SSSR count). The molecule has 4 nitrogen and oxygen atoms in total. The van der Waals surface area contributed by atoms with Crippen molar-refractivity contribution in [2.45, 2.75) is 47.0 Å². The van der Waals surface area contributed by atoms with Crippen LogP contribution in [0, 0.1) is 16.7 Å². The lowest BCUT2D eigenvalue weighted by Crippen LogP contribution is -2.18. The average Bonchev–Trinajstić information content (AvgIpc) is 2.52. The molecule has 0 spiro atoms. The highest BCUT2D eigenvalue weighted by molar-refractivity contribution is 6.30. The Balaban J connectivity index is 2.94. The number of aromatic carboxylic acids is 1. The van der Waals surface area contributed by atoms with Crippen LogP contribution in [-0.4, -0.2) is 16.1 Å². The van der Waals surface area contributed by atoms with Crippen molar-refractivity contribution in [3.8, 4) is 17.2 Å². The van der Waals surface area contributed by atoms with Gasteiger partial charge in [-0.1, -0.05) is 58.4 Å². The van der Waals surface area contributed by atoms with Crippen molar-refractivity contribution in [3.63, 3.8) is 0 Å². The lowest BCUT2D eigenvalue weighted by Gasteiger charge is -2.23. The van der Waals surface area contributed by atoms with E-state index in [0.29, 0.717) is 39.5 Å². The number of benzene rings is 1. The van der Waals surface area contributed by atoms with Crippen molar-refractivity contribution in [1.82, 2.24) is 4.98 Å². The SMILES string of the molecule is CC(C)c1nc(CC(C)(C)C)c(C#N)c(-c2ccc(Cl)cc2)c1C(=O)O. The first kappa shape index (κ1) is 19.9. The smallest absolute Gasteiger partial charge is 0.338 e. The molecule has 26 heavy (non-hydrogen) atoms. The maximum atomic E-state index is 12.1. The Hall–Kier alpha value is -2.38. The van der Waals surface area contributed by atoms with Crippen LogP contribution in [0.25, 0.3) is 11.1 Å². The van der Waals surface area contributed by atoms with Crippen LogP contribution >= 0.6 is 11.6 Å². The van der Waals surface area contributed by atoms with Crippen LogP contribution < -0.4 is 0 Å². The molecule has 1 aromatic carbocycles. The van der Waals surface area contributed by atoms with E-state index in [2.05, 4.69) is 31.8 Å². The van der Waals surface area contributed by atoms with E-state index in [-0.39, 0.29) is 16.9 Å². The summed E-state index contributed by atoms with van der Waals surface area (Å²) in [5, 5.41) is 20.3. The number of carboxylic acid groups (broad SMARTS) is 1. The third-order valence-electron chi connectivity index (χ3n) is 4.00. The Morgan fingerprint density at radius 1 is 1.27 bits per heavy atom. The quantitative estimate of drug-likeness (QED) is 0.750. The summed E-state index contributed by atoms with van der Waals surface area (Å²) in [7, 11) is 0. The highest BCUT2D eigenvalue weighted by Crippen LogP contribution is 2.36. The largest absolute Gasteiger partial charge is 0.478 e. The fourth-order valence-corrected chi connectivity index (χ4v) is 3.07. The van der Waals surface area contributed by atoms with Gasteiger partial charge in [0.2, 0.25) is 0 Å². The highest BCUT2D eigenvalue weighted by atomic mass is 35.5. The van der Waals surface area contributed by atoms with Gasteiger partial charge in [-0.15, -0.1) is 0 Å². The van der Waals surface area contributed by atoms with Crippen molar-refractivity contribution in [2.24, 2.45) is 5.41 Å². The lowest BCUT2D eigenvalue weighted by atomic mass is 9.84. The Morgan fingerprint density at radius 3 is 2.27 bits per heavy atom. The molecule has 136 valence electrons. The van der Waals surface area contributed by atoms with Crippen LogP contribution in [0.15, 0.2) is 24.3 Å². The Bertz CT molecular complexity index is 873. The van der Waals surface area contributed by atoms with Gasteiger partial charge in [0.05, 0.1) is 22.5 Å². The van der Waals surface area contributed by atoms with E-state index in [1.165, 1.54) is 0 Å². The topological polar surface area (TPSA) is 74.0 Å². The molecular formula is C21H23ClN2O2. The maximum absolute atomic E-state index is 12.1. The second-order valence-corrected chi connectivity index (χ2v) is 8.32. The van der Waals surface area contributed by atoms with E-state index in [0.717, 1.165) is 0 Å². The monoisotopic (exact) mass is 370 g/mol. The Kier molecular flexibility index (Phi) is 5.73. The van der Waals surface area contributed by atoms with Gasteiger partial charge in [-0.25, -0.2) is 4.79 Å². The molecule has 0 amide bonds. The molecular weight excluding hydrogens is 348 g/mol. The van der Waals surface area contributed by atoms with Gasteiger partial charge in [0, 0.05) is 10.6 Å². The fourth-order valence-electron chi connectivity index (χ4n) is 2.94. The van der Waals surface area contributed by atoms with E-state index < -0.39 is 5.97 Å². The van der Waals surface area contributed by atoms with Crippen LogP contribution in [0.4, 0.5) is 0 Å². The van der Waals surface area contributed by atoms with Gasteiger partial charge < -0.3 is 5.11 Å². The molecule has 1 heterocycles. The molecule has 5 heteroatoms. The number of nitriles is 1.